The quantitative estimate of drug-likeness (QED) is 0.607. The lowest BCUT2D eigenvalue weighted by atomic mass is 9.80. The Kier molecular flexibility index (Phi) is 1.95. The molecule has 1 atom stereocenters. The van der Waals surface area contributed by atoms with Gasteiger partial charge in [0, 0.05) is 12.7 Å². The van der Waals surface area contributed by atoms with Gasteiger partial charge in [-0.25, -0.2) is 0 Å². The minimum absolute atomic E-state index is 0.291. The molecule has 0 aromatic heterocycles. The monoisotopic (exact) mass is 178 g/mol. The molecule has 2 rings (SSSR count). The Morgan fingerprint density at radius 3 is 2.92 bits per heavy atom. The molecule has 2 heterocycles. The summed E-state index contributed by atoms with van der Waals surface area (Å²) in [5, 5.41) is 3.40. The minimum atomic E-state index is 0.291. The Morgan fingerprint density at radius 2 is 2.23 bits per heavy atom. The van der Waals surface area contributed by atoms with Crippen LogP contribution in [0.1, 0.15) is 20.8 Å². The number of rotatable bonds is 0. The van der Waals surface area contributed by atoms with E-state index in [4.69, 9.17) is 0 Å². The summed E-state index contributed by atoms with van der Waals surface area (Å²) in [5.74, 6) is 0. The van der Waals surface area contributed by atoms with Gasteiger partial charge in [0.1, 0.15) is 0 Å². The van der Waals surface area contributed by atoms with Crippen molar-refractivity contribution in [3.05, 3.63) is 23.9 Å². The van der Waals surface area contributed by atoms with Gasteiger partial charge in [0.15, 0.2) is 0 Å². The van der Waals surface area contributed by atoms with Crippen molar-refractivity contribution in [1.29, 1.82) is 0 Å². The highest BCUT2D eigenvalue weighted by Gasteiger charge is 2.32. The first-order valence-corrected chi connectivity index (χ1v) is 4.94. The first-order chi connectivity index (χ1) is 6.09. The van der Waals surface area contributed by atoms with E-state index in [1.165, 1.54) is 0 Å². The first-order valence-electron chi connectivity index (χ1n) is 4.94. The Balaban J connectivity index is 2.27. The van der Waals surface area contributed by atoms with E-state index in [1.807, 2.05) is 0 Å². The Bertz CT molecular complexity index is 258. The molecule has 0 aromatic rings. The zero-order valence-corrected chi connectivity index (χ0v) is 8.67. The summed E-state index contributed by atoms with van der Waals surface area (Å²) in [6, 6.07) is 0.588. The van der Waals surface area contributed by atoms with Gasteiger partial charge in [-0.1, -0.05) is 26.8 Å². The SMILES string of the molecule is CC(C)(C)C1=CC=CN2CNCC12. The predicted molar refractivity (Wildman–Crippen MR) is 55.2 cm³/mol. The molecule has 2 nitrogen and oxygen atoms in total. The van der Waals surface area contributed by atoms with Crippen LogP contribution in [0.4, 0.5) is 0 Å². The molecule has 72 valence electrons. The normalized spacial score (nSPS) is 27.5. The topological polar surface area (TPSA) is 15.3 Å². The van der Waals surface area contributed by atoms with E-state index in [1.54, 1.807) is 5.57 Å². The van der Waals surface area contributed by atoms with Gasteiger partial charge in [0.25, 0.3) is 0 Å². The Morgan fingerprint density at radius 1 is 1.46 bits per heavy atom. The summed E-state index contributed by atoms with van der Waals surface area (Å²) in [7, 11) is 0. The molecule has 0 radical (unpaired) electrons. The highest BCUT2D eigenvalue weighted by molar-refractivity contribution is 5.29. The lowest BCUT2D eigenvalue weighted by Crippen LogP contribution is -2.35. The zero-order chi connectivity index (χ0) is 9.47. The van der Waals surface area contributed by atoms with Crippen molar-refractivity contribution in [2.45, 2.75) is 26.8 Å². The third kappa shape index (κ3) is 1.51. The van der Waals surface area contributed by atoms with Crippen LogP contribution in [0.3, 0.4) is 0 Å². The third-order valence-corrected chi connectivity index (χ3v) is 2.81. The van der Waals surface area contributed by atoms with Crippen molar-refractivity contribution >= 4 is 0 Å². The van der Waals surface area contributed by atoms with Gasteiger partial charge in [-0.3, -0.25) is 5.32 Å². The van der Waals surface area contributed by atoms with Crippen LogP contribution in [0.25, 0.3) is 0 Å². The smallest absolute Gasteiger partial charge is 0.0684 e. The molecule has 2 aliphatic heterocycles. The standard InChI is InChI=1S/C11H18N2/c1-11(2,3)9-5-4-6-13-8-12-7-10(9)13/h4-6,10,12H,7-8H2,1-3H3. The van der Waals surface area contributed by atoms with Gasteiger partial charge in [-0.2, -0.15) is 0 Å². The van der Waals surface area contributed by atoms with Gasteiger partial charge in [0.2, 0.25) is 0 Å². The number of allylic oxidation sites excluding steroid dienone is 2. The second kappa shape index (κ2) is 2.88. The molecule has 1 fully saturated rings. The van der Waals surface area contributed by atoms with Crippen LogP contribution in [0.5, 0.6) is 0 Å². The van der Waals surface area contributed by atoms with Crippen LogP contribution < -0.4 is 5.32 Å². The van der Waals surface area contributed by atoms with Crippen LogP contribution in [-0.2, 0) is 0 Å². The molecule has 1 N–H and O–H groups in total. The summed E-state index contributed by atoms with van der Waals surface area (Å²) in [4.78, 5) is 2.38. The average Bonchev–Trinajstić information content (AvgIpc) is 2.48. The van der Waals surface area contributed by atoms with Crippen LogP contribution >= 0.6 is 0 Å². The van der Waals surface area contributed by atoms with Crippen molar-refractivity contribution in [2.75, 3.05) is 13.2 Å². The highest BCUT2D eigenvalue weighted by Crippen LogP contribution is 2.33. The zero-order valence-electron chi connectivity index (χ0n) is 8.67. The van der Waals surface area contributed by atoms with Crippen LogP contribution in [0.2, 0.25) is 0 Å². The molecule has 1 unspecified atom stereocenters. The van der Waals surface area contributed by atoms with Crippen molar-refractivity contribution in [3.8, 4) is 0 Å². The van der Waals surface area contributed by atoms with Gasteiger partial charge >= 0.3 is 0 Å². The first kappa shape index (κ1) is 8.82. The molecule has 1 saturated heterocycles. The number of hydrogen-bond acceptors (Lipinski definition) is 2. The molecule has 2 aliphatic rings. The second-order valence-corrected chi connectivity index (χ2v) is 4.86. The molecule has 2 heteroatoms. The maximum absolute atomic E-state index is 3.40. The van der Waals surface area contributed by atoms with Crippen LogP contribution in [0.15, 0.2) is 23.9 Å². The van der Waals surface area contributed by atoms with Crippen molar-refractivity contribution < 1.29 is 0 Å². The van der Waals surface area contributed by atoms with Gasteiger partial charge in [-0.15, -0.1) is 0 Å². The van der Waals surface area contributed by atoms with E-state index >= 15 is 0 Å². The van der Waals surface area contributed by atoms with E-state index in [0.29, 0.717) is 11.5 Å². The molecule has 0 spiro atoms. The largest absolute Gasteiger partial charge is 0.357 e. The van der Waals surface area contributed by atoms with E-state index < -0.39 is 0 Å². The minimum Gasteiger partial charge on any atom is -0.357 e. The maximum Gasteiger partial charge on any atom is 0.0684 e. The fourth-order valence-corrected chi connectivity index (χ4v) is 2.12. The summed E-state index contributed by atoms with van der Waals surface area (Å²) >= 11 is 0. The maximum atomic E-state index is 3.40. The molecule has 0 aromatic carbocycles. The van der Waals surface area contributed by atoms with Gasteiger partial charge in [-0.05, 0) is 17.1 Å². The lowest BCUT2D eigenvalue weighted by Gasteiger charge is -2.34. The number of fused-ring (bicyclic) bond motifs is 1. The Hall–Kier alpha value is -0.760. The summed E-state index contributed by atoms with van der Waals surface area (Å²) in [6.45, 7) is 8.94. The molecular formula is C11H18N2. The van der Waals surface area contributed by atoms with Crippen molar-refractivity contribution in [1.82, 2.24) is 10.2 Å². The van der Waals surface area contributed by atoms with Gasteiger partial charge < -0.3 is 4.90 Å². The van der Waals surface area contributed by atoms with E-state index in [-0.39, 0.29) is 0 Å². The number of nitrogens with one attached hydrogen (secondary N) is 1. The summed E-state index contributed by atoms with van der Waals surface area (Å²) in [5.41, 5.74) is 1.83. The lowest BCUT2D eigenvalue weighted by molar-refractivity contribution is 0.333. The predicted octanol–water partition coefficient (Wildman–Crippen LogP) is 1.72. The van der Waals surface area contributed by atoms with Crippen molar-refractivity contribution in [2.24, 2.45) is 5.41 Å². The molecule has 0 aliphatic carbocycles. The molecule has 13 heavy (non-hydrogen) atoms. The summed E-state index contributed by atoms with van der Waals surface area (Å²) in [6.07, 6.45) is 6.61. The molecular weight excluding hydrogens is 160 g/mol. The van der Waals surface area contributed by atoms with E-state index in [0.717, 1.165) is 13.2 Å². The van der Waals surface area contributed by atoms with Crippen LogP contribution in [-0.4, -0.2) is 24.2 Å². The van der Waals surface area contributed by atoms with E-state index in [2.05, 4.69) is 49.3 Å². The molecule has 0 amide bonds. The molecule has 0 bridgehead atoms. The Labute approximate surface area is 80.3 Å². The van der Waals surface area contributed by atoms with Crippen LogP contribution in [0, 0.1) is 5.41 Å². The number of nitrogens with zero attached hydrogens (tertiary/aromatic N) is 1. The van der Waals surface area contributed by atoms with Gasteiger partial charge in [0.05, 0.1) is 12.7 Å². The summed E-state index contributed by atoms with van der Waals surface area (Å²) < 4.78 is 0. The third-order valence-electron chi connectivity index (χ3n) is 2.81. The van der Waals surface area contributed by atoms with E-state index in [9.17, 15) is 0 Å². The second-order valence-electron chi connectivity index (χ2n) is 4.86. The fraction of sp³-hybridized carbons (Fsp3) is 0.636. The average molecular weight is 178 g/mol. The fourth-order valence-electron chi connectivity index (χ4n) is 2.12. The highest BCUT2D eigenvalue weighted by atomic mass is 15.3. The number of hydrogen-bond donors (Lipinski definition) is 1. The van der Waals surface area contributed by atoms with Crippen molar-refractivity contribution in [3.63, 3.8) is 0 Å². The molecule has 0 saturated carbocycles.